The molecule has 0 spiro atoms. The van der Waals surface area contributed by atoms with Gasteiger partial charge < -0.3 is 19.7 Å². The smallest absolute Gasteiger partial charge is 0.325 e. The standard InChI is InChI=1S/C12H24N2O4/c1-5-18-12(16)9-14(6-7-17-4)11(15)8-13-10(2)3/h10,13H,5-9H2,1-4H3. The van der Waals surface area contributed by atoms with Gasteiger partial charge in [0.05, 0.1) is 19.8 Å². The molecule has 0 bridgehead atoms. The van der Waals surface area contributed by atoms with Gasteiger partial charge in [0.2, 0.25) is 5.91 Å². The fourth-order valence-corrected chi connectivity index (χ4v) is 1.26. The SMILES string of the molecule is CCOC(=O)CN(CCOC)C(=O)CNC(C)C. The van der Waals surface area contributed by atoms with Gasteiger partial charge >= 0.3 is 5.97 Å². The maximum Gasteiger partial charge on any atom is 0.325 e. The molecule has 6 nitrogen and oxygen atoms in total. The van der Waals surface area contributed by atoms with Crippen molar-refractivity contribution in [2.24, 2.45) is 0 Å². The topological polar surface area (TPSA) is 67.9 Å². The molecule has 1 N–H and O–H groups in total. The summed E-state index contributed by atoms with van der Waals surface area (Å²) in [6, 6.07) is 0.223. The maximum absolute atomic E-state index is 11.9. The molecular weight excluding hydrogens is 236 g/mol. The number of nitrogens with one attached hydrogen (secondary N) is 1. The second-order valence-electron chi connectivity index (χ2n) is 4.15. The summed E-state index contributed by atoms with van der Waals surface area (Å²) in [5.41, 5.74) is 0. The third-order valence-corrected chi connectivity index (χ3v) is 2.20. The first-order valence-corrected chi connectivity index (χ1v) is 6.17. The molecule has 0 aromatic heterocycles. The van der Waals surface area contributed by atoms with Gasteiger partial charge in [0.25, 0.3) is 0 Å². The third kappa shape index (κ3) is 8.03. The number of hydrogen-bond donors (Lipinski definition) is 1. The molecule has 0 unspecified atom stereocenters. The molecule has 0 atom stereocenters. The lowest BCUT2D eigenvalue weighted by Crippen LogP contribution is -2.44. The van der Waals surface area contributed by atoms with E-state index in [0.29, 0.717) is 19.8 Å². The molecule has 0 aliphatic rings. The Hall–Kier alpha value is -1.14. The van der Waals surface area contributed by atoms with Crippen molar-refractivity contribution in [1.29, 1.82) is 0 Å². The second-order valence-corrected chi connectivity index (χ2v) is 4.15. The van der Waals surface area contributed by atoms with Crippen molar-refractivity contribution in [2.45, 2.75) is 26.8 Å². The number of ether oxygens (including phenoxy) is 2. The molecule has 1 amide bonds. The predicted octanol–water partition coefficient (Wildman–Crippen LogP) is 0.0225. The van der Waals surface area contributed by atoms with Gasteiger partial charge in [0.15, 0.2) is 0 Å². The third-order valence-electron chi connectivity index (χ3n) is 2.20. The number of esters is 1. The zero-order valence-electron chi connectivity index (χ0n) is 11.7. The Balaban J connectivity index is 4.27. The Morgan fingerprint density at radius 3 is 2.50 bits per heavy atom. The van der Waals surface area contributed by atoms with E-state index in [4.69, 9.17) is 9.47 Å². The first-order valence-electron chi connectivity index (χ1n) is 6.17. The minimum Gasteiger partial charge on any atom is -0.465 e. The Kier molecular flexibility index (Phi) is 9.22. The number of hydrogen-bond acceptors (Lipinski definition) is 5. The van der Waals surface area contributed by atoms with E-state index in [1.165, 1.54) is 4.90 Å². The Bertz CT molecular complexity index is 256. The number of methoxy groups -OCH3 is 1. The molecule has 18 heavy (non-hydrogen) atoms. The lowest BCUT2D eigenvalue weighted by atomic mass is 10.3. The van der Waals surface area contributed by atoms with Gasteiger partial charge in [-0.2, -0.15) is 0 Å². The summed E-state index contributed by atoms with van der Waals surface area (Å²) in [6.45, 7) is 6.92. The summed E-state index contributed by atoms with van der Waals surface area (Å²) in [4.78, 5) is 24.7. The minimum absolute atomic E-state index is 0.0319. The van der Waals surface area contributed by atoms with Crippen LogP contribution in [0.1, 0.15) is 20.8 Å². The fourth-order valence-electron chi connectivity index (χ4n) is 1.26. The molecule has 0 aromatic carbocycles. The van der Waals surface area contributed by atoms with Gasteiger partial charge in [-0.05, 0) is 6.92 Å². The number of carbonyl (C=O) groups excluding carboxylic acids is 2. The first-order chi connectivity index (χ1) is 8.51. The summed E-state index contributed by atoms with van der Waals surface area (Å²) >= 11 is 0. The van der Waals surface area contributed by atoms with Crippen molar-refractivity contribution in [3.05, 3.63) is 0 Å². The molecular formula is C12H24N2O4. The molecule has 6 heteroatoms. The van der Waals surface area contributed by atoms with Crippen LogP contribution in [0.2, 0.25) is 0 Å². The van der Waals surface area contributed by atoms with Crippen molar-refractivity contribution in [1.82, 2.24) is 10.2 Å². The van der Waals surface area contributed by atoms with E-state index in [1.807, 2.05) is 13.8 Å². The van der Waals surface area contributed by atoms with E-state index in [1.54, 1.807) is 14.0 Å². The number of amides is 1. The lowest BCUT2D eigenvalue weighted by molar-refractivity contribution is -0.149. The van der Waals surface area contributed by atoms with Gasteiger partial charge in [-0.25, -0.2) is 0 Å². The van der Waals surface area contributed by atoms with Crippen molar-refractivity contribution in [2.75, 3.05) is 40.0 Å². The van der Waals surface area contributed by atoms with Crippen LogP contribution < -0.4 is 5.32 Å². The van der Waals surface area contributed by atoms with E-state index in [0.717, 1.165) is 0 Å². The number of rotatable bonds is 9. The summed E-state index contributed by atoms with van der Waals surface area (Å²) in [5, 5.41) is 3.02. The Morgan fingerprint density at radius 2 is 2.00 bits per heavy atom. The normalized spacial score (nSPS) is 10.5. The molecule has 0 saturated carbocycles. The van der Waals surface area contributed by atoms with E-state index >= 15 is 0 Å². The van der Waals surface area contributed by atoms with Crippen LogP contribution in [0.5, 0.6) is 0 Å². The van der Waals surface area contributed by atoms with Crippen LogP contribution in [-0.4, -0.2) is 62.8 Å². The first kappa shape index (κ1) is 16.9. The molecule has 0 aromatic rings. The predicted molar refractivity (Wildman–Crippen MR) is 68.2 cm³/mol. The maximum atomic E-state index is 11.9. The molecule has 0 fully saturated rings. The second kappa shape index (κ2) is 9.85. The van der Waals surface area contributed by atoms with Gasteiger partial charge in [-0.3, -0.25) is 9.59 Å². The highest BCUT2D eigenvalue weighted by atomic mass is 16.5. The molecule has 0 rings (SSSR count). The summed E-state index contributed by atoms with van der Waals surface area (Å²) in [6.07, 6.45) is 0. The van der Waals surface area contributed by atoms with E-state index in [9.17, 15) is 9.59 Å². The van der Waals surface area contributed by atoms with Crippen molar-refractivity contribution in [3.63, 3.8) is 0 Å². The zero-order valence-corrected chi connectivity index (χ0v) is 11.7. The molecule has 106 valence electrons. The van der Waals surface area contributed by atoms with E-state index in [-0.39, 0.29) is 25.0 Å². The highest BCUT2D eigenvalue weighted by Gasteiger charge is 2.17. The highest BCUT2D eigenvalue weighted by molar-refractivity contribution is 5.83. The van der Waals surface area contributed by atoms with E-state index < -0.39 is 5.97 Å². The van der Waals surface area contributed by atoms with Crippen molar-refractivity contribution in [3.8, 4) is 0 Å². The molecule has 0 radical (unpaired) electrons. The molecule has 0 aliphatic carbocycles. The molecule has 0 heterocycles. The van der Waals surface area contributed by atoms with Gasteiger partial charge in [0.1, 0.15) is 6.54 Å². The van der Waals surface area contributed by atoms with Crippen LogP contribution in [0.3, 0.4) is 0 Å². The summed E-state index contributed by atoms with van der Waals surface area (Å²) in [5.74, 6) is -0.527. The Labute approximate surface area is 109 Å². The summed E-state index contributed by atoms with van der Waals surface area (Å²) in [7, 11) is 1.55. The van der Waals surface area contributed by atoms with Crippen LogP contribution in [0.25, 0.3) is 0 Å². The summed E-state index contributed by atoms with van der Waals surface area (Å²) < 4.78 is 9.76. The Morgan fingerprint density at radius 1 is 1.33 bits per heavy atom. The number of carbonyl (C=O) groups is 2. The molecule has 0 saturated heterocycles. The monoisotopic (exact) mass is 260 g/mol. The lowest BCUT2D eigenvalue weighted by Gasteiger charge is -2.22. The van der Waals surface area contributed by atoms with Gasteiger partial charge in [-0.1, -0.05) is 13.8 Å². The van der Waals surface area contributed by atoms with Crippen LogP contribution in [-0.2, 0) is 19.1 Å². The van der Waals surface area contributed by atoms with Crippen LogP contribution >= 0.6 is 0 Å². The highest BCUT2D eigenvalue weighted by Crippen LogP contribution is 1.93. The fraction of sp³-hybridized carbons (Fsp3) is 0.833. The zero-order chi connectivity index (χ0) is 14.0. The molecule has 0 aliphatic heterocycles. The average molecular weight is 260 g/mol. The quantitative estimate of drug-likeness (QED) is 0.592. The largest absolute Gasteiger partial charge is 0.465 e. The van der Waals surface area contributed by atoms with E-state index in [2.05, 4.69) is 5.32 Å². The average Bonchev–Trinajstić information content (AvgIpc) is 2.31. The minimum atomic E-state index is -0.397. The van der Waals surface area contributed by atoms with Crippen molar-refractivity contribution >= 4 is 11.9 Å². The van der Waals surface area contributed by atoms with Crippen molar-refractivity contribution < 1.29 is 19.1 Å². The van der Waals surface area contributed by atoms with Crippen LogP contribution in [0, 0.1) is 0 Å². The van der Waals surface area contributed by atoms with Gasteiger partial charge in [0, 0.05) is 19.7 Å². The van der Waals surface area contributed by atoms with Gasteiger partial charge in [-0.15, -0.1) is 0 Å². The van der Waals surface area contributed by atoms with Crippen LogP contribution in [0.15, 0.2) is 0 Å². The van der Waals surface area contributed by atoms with Crippen LogP contribution in [0.4, 0.5) is 0 Å². The number of nitrogens with zero attached hydrogens (tertiary/aromatic N) is 1.